The van der Waals surface area contributed by atoms with Gasteiger partial charge in [0.05, 0.1) is 11.1 Å². The molecule has 3 aromatic rings. The van der Waals surface area contributed by atoms with Gasteiger partial charge in [0.15, 0.2) is 5.78 Å². The molecule has 0 saturated heterocycles. The fraction of sp³-hybridized carbons (Fsp3) is 0.217. The third kappa shape index (κ3) is 4.95. The molecule has 3 rings (SSSR count). The first-order valence-corrected chi connectivity index (χ1v) is 9.93. The van der Waals surface area contributed by atoms with Crippen LogP contribution in [0.25, 0.3) is 12.2 Å². The molecule has 29 heavy (non-hydrogen) atoms. The molecule has 0 aliphatic rings. The van der Waals surface area contributed by atoms with E-state index in [-0.39, 0.29) is 17.9 Å². The second kappa shape index (κ2) is 8.25. The zero-order valence-electron chi connectivity index (χ0n) is 16.4. The number of rotatable bonds is 4. The lowest BCUT2D eigenvalue weighted by Crippen LogP contribution is -2.33. The largest absolute Gasteiger partial charge is 0.294 e. The standard InChI is InChI=1S/C23H21F2NO2S/c1-23(2,3)20(27)13-21-26(14-16-8-4-5-10-18(16)25)22(28)19(29-21)12-15-7-6-9-17(24)11-15/h4-13H,14H2,1-3H3/b19-12-,21-13+. The van der Waals surface area contributed by atoms with Crippen LogP contribution in [-0.4, -0.2) is 10.4 Å². The maximum Gasteiger partial charge on any atom is 0.269 e. The number of halogens is 2. The number of nitrogens with zero attached hydrogens (tertiary/aromatic N) is 1. The van der Waals surface area contributed by atoms with Crippen LogP contribution in [-0.2, 0) is 11.3 Å². The molecule has 3 nitrogen and oxygen atoms in total. The van der Waals surface area contributed by atoms with E-state index in [1.54, 1.807) is 57.2 Å². The highest BCUT2D eigenvalue weighted by Gasteiger charge is 2.19. The molecule has 0 fully saturated rings. The molecule has 0 N–H and O–H groups in total. The predicted octanol–water partition coefficient (Wildman–Crippen LogP) is 3.46. The first-order valence-electron chi connectivity index (χ1n) is 9.11. The summed E-state index contributed by atoms with van der Waals surface area (Å²) < 4.78 is 29.8. The van der Waals surface area contributed by atoms with E-state index in [1.165, 1.54) is 28.8 Å². The third-order valence-corrected chi connectivity index (χ3v) is 5.42. The van der Waals surface area contributed by atoms with Gasteiger partial charge >= 0.3 is 0 Å². The van der Waals surface area contributed by atoms with Crippen LogP contribution < -0.4 is 14.8 Å². The van der Waals surface area contributed by atoms with Crippen LogP contribution in [0.3, 0.4) is 0 Å². The lowest BCUT2D eigenvalue weighted by molar-refractivity contribution is -0.120. The fourth-order valence-corrected chi connectivity index (χ4v) is 3.71. The third-order valence-electron chi connectivity index (χ3n) is 4.36. The second-order valence-electron chi connectivity index (χ2n) is 7.75. The Balaban J connectivity index is 2.21. The SMILES string of the molecule is CC(C)(C)C(=O)/C=c1/s/c(=C\c2cccc(F)c2)c(=O)n1Cc1ccccc1F. The summed E-state index contributed by atoms with van der Waals surface area (Å²) in [6, 6.07) is 12.1. The molecule has 0 unspecified atom stereocenters. The van der Waals surface area contributed by atoms with Gasteiger partial charge in [-0.2, -0.15) is 0 Å². The van der Waals surface area contributed by atoms with Crippen molar-refractivity contribution in [3.63, 3.8) is 0 Å². The minimum atomic E-state index is -0.616. The summed E-state index contributed by atoms with van der Waals surface area (Å²) in [5.74, 6) is -0.968. The normalized spacial score (nSPS) is 13.1. The Kier molecular flexibility index (Phi) is 5.94. The van der Waals surface area contributed by atoms with E-state index in [0.29, 0.717) is 20.3 Å². The van der Waals surface area contributed by atoms with Gasteiger partial charge in [-0.15, -0.1) is 11.3 Å². The van der Waals surface area contributed by atoms with Gasteiger partial charge in [-0.1, -0.05) is 51.1 Å². The number of aromatic nitrogens is 1. The smallest absolute Gasteiger partial charge is 0.269 e. The number of ketones is 1. The highest BCUT2D eigenvalue weighted by Crippen LogP contribution is 2.15. The monoisotopic (exact) mass is 413 g/mol. The van der Waals surface area contributed by atoms with E-state index in [0.717, 1.165) is 11.3 Å². The minimum absolute atomic E-state index is 0.00224. The van der Waals surface area contributed by atoms with E-state index in [1.807, 2.05) is 0 Å². The zero-order valence-corrected chi connectivity index (χ0v) is 17.2. The average molecular weight is 413 g/mol. The quantitative estimate of drug-likeness (QED) is 0.657. The zero-order chi connectivity index (χ0) is 21.2. The van der Waals surface area contributed by atoms with Crippen molar-refractivity contribution in [2.75, 3.05) is 0 Å². The van der Waals surface area contributed by atoms with E-state index in [4.69, 9.17) is 0 Å². The van der Waals surface area contributed by atoms with Gasteiger partial charge in [0.1, 0.15) is 16.3 Å². The molecule has 0 atom stereocenters. The molecule has 0 bridgehead atoms. The molecule has 1 aromatic heterocycles. The molecular weight excluding hydrogens is 392 g/mol. The number of thiazole rings is 1. The van der Waals surface area contributed by atoms with Gasteiger partial charge in [0.25, 0.3) is 5.56 Å². The van der Waals surface area contributed by atoms with Crippen LogP contribution in [0.5, 0.6) is 0 Å². The van der Waals surface area contributed by atoms with Crippen LogP contribution in [0.1, 0.15) is 31.9 Å². The molecule has 0 spiro atoms. The van der Waals surface area contributed by atoms with Gasteiger partial charge in [0.2, 0.25) is 0 Å². The molecule has 0 saturated carbocycles. The Hall–Kier alpha value is -2.86. The number of benzene rings is 2. The van der Waals surface area contributed by atoms with Crippen molar-refractivity contribution in [2.45, 2.75) is 27.3 Å². The Labute approximate surface area is 171 Å². The molecule has 0 amide bonds. The van der Waals surface area contributed by atoms with Crippen molar-refractivity contribution in [3.05, 3.63) is 90.8 Å². The summed E-state index contributed by atoms with van der Waals surface area (Å²) in [6.45, 7) is 5.37. The molecule has 0 aliphatic carbocycles. The Morgan fingerprint density at radius 1 is 1.10 bits per heavy atom. The molecule has 2 aromatic carbocycles. The lowest BCUT2D eigenvalue weighted by Gasteiger charge is -2.13. The van der Waals surface area contributed by atoms with Gasteiger partial charge in [-0.3, -0.25) is 14.2 Å². The number of carbonyl (C=O) groups excluding carboxylic acids is 1. The number of carbonyl (C=O) groups is 1. The Morgan fingerprint density at radius 3 is 2.48 bits per heavy atom. The highest BCUT2D eigenvalue weighted by atomic mass is 32.1. The topological polar surface area (TPSA) is 39.1 Å². The van der Waals surface area contributed by atoms with E-state index in [9.17, 15) is 18.4 Å². The van der Waals surface area contributed by atoms with Crippen LogP contribution >= 0.6 is 11.3 Å². The van der Waals surface area contributed by atoms with Crippen LogP contribution in [0, 0.1) is 17.0 Å². The van der Waals surface area contributed by atoms with Crippen LogP contribution in [0.4, 0.5) is 8.78 Å². The summed E-state index contributed by atoms with van der Waals surface area (Å²) in [7, 11) is 0. The molecule has 0 aliphatic heterocycles. The minimum Gasteiger partial charge on any atom is -0.294 e. The van der Waals surface area contributed by atoms with Crippen molar-refractivity contribution in [3.8, 4) is 0 Å². The summed E-state index contributed by atoms with van der Waals surface area (Å²) in [5, 5.41) is 0. The van der Waals surface area contributed by atoms with Gasteiger partial charge in [0, 0.05) is 17.1 Å². The van der Waals surface area contributed by atoms with Crippen molar-refractivity contribution >= 4 is 29.3 Å². The summed E-state index contributed by atoms with van der Waals surface area (Å²) in [6.07, 6.45) is 3.00. The highest BCUT2D eigenvalue weighted by molar-refractivity contribution is 7.07. The van der Waals surface area contributed by atoms with Crippen molar-refractivity contribution in [1.82, 2.24) is 4.57 Å². The maximum absolute atomic E-state index is 14.1. The Bertz CT molecular complexity index is 1230. The summed E-state index contributed by atoms with van der Waals surface area (Å²) in [5.41, 5.74) is -0.0805. The number of hydrogen-bond donors (Lipinski definition) is 0. The van der Waals surface area contributed by atoms with Gasteiger partial charge in [-0.05, 0) is 29.8 Å². The summed E-state index contributed by atoms with van der Waals surface area (Å²) in [4.78, 5) is 25.6. The summed E-state index contributed by atoms with van der Waals surface area (Å²) >= 11 is 1.13. The second-order valence-corrected chi connectivity index (χ2v) is 8.81. The first kappa shape index (κ1) is 20.9. The van der Waals surface area contributed by atoms with E-state index in [2.05, 4.69) is 0 Å². The van der Waals surface area contributed by atoms with E-state index < -0.39 is 17.0 Å². The maximum atomic E-state index is 14.1. The predicted molar refractivity (Wildman–Crippen MR) is 112 cm³/mol. The molecular formula is C23H21F2NO2S. The Morgan fingerprint density at radius 2 is 1.83 bits per heavy atom. The first-order chi connectivity index (χ1) is 13.6. The molecule has 1 heterocycles. The number of hydrogen-bond acceptors (Lipinski definition) is 3. The van der Waals surface area contributed by atoms with Crippen molar-refractivity contribution in [2.24, 2.45) is 5.41 Å². The van der Waals surface area contributed by atoms with Gasteiger partial charge in [-0.25, -0.2) is 8.78 Å². The fourth-order valence-electron chi connectivity index (χ4n) is 2.67. The molecule has 0 radical (unpaired) electrons. The average Bonchev–Trinajstić information content (AvgIpc) is 2.91. The van der Waals surface area contributed by atoms with Gasteiger partial charge < -0.3 is 0 Å². The lowest BCUT2D eigenvalue weighted by atomic mass is 9.91. The van der Waals surface area contributed by atoms with Crippen molar-refractivity contribution in [1.29, 1.82) is 0 Å². The van der Waals surface area contributed by atoms with Crippen LogP contribution in [0.15, 0.2) is 53.3 Å². The van der Waals surface area contributed by atoms with E-state index >= 15 is 0 Å². The molecule has 150 valence electrons. The number of Topliss-reactive ketones (excluding diaryl/α,β-unsaturated/α-hetero) is 1. The molecule has 6 heteroatoms. The van der Waals surface area contributed by atoms with Crippen molar-refractivity contribution < 1.29 is 13.6 Å². The van der Waals surface area contributed by atoms with Crippen LogP contribution in [0.2, 0.25) is 0 Å².